The van der Waals surface area contributed by atoms with Crippen molar-refractivity contribution in [1.29, 1.82) is 0 Å². The first-order valence-corrected chi connectivity index (χ1v) is 11.4. The molecule has 2 heterocycles. The molecule has 6 nitrogen and oxygen atoms in total. The maximum atomic E-state index is 13.5. The highest BCUT2D eigenvalue weighted by atomic mass is 32.2. The molecule has 10 heteroatoms. The van der Waals surface area contributed by atoms with E-state index < -0.39 is 21.9 Å². The monoisotopic (exact) mass is 473 g/mol. The van der Waals surface area contributed by atoms with E-state index in [1.165, 1.54) is 36.8 Å². The highest BCUT2D eigenvalue weighted by molar-refractivity contribution is 7.91. The molecule has 0 amide bonds. The minimum absolute atomic E-state index is 0.0429. The Morgan fingerprint density at radius 2 is 1.70 bits per heavy atom. The minimum atomic E-state index is -4.90. The summed E-state index contributed by atoms with van der Waals surface area (Å²) in [6.45, 7) is 1.95. The van der Waals surface area contributed by atoms with Crippen molar-refractivity contribution in [2.75, 3.05) is 5.32 Å². The van der Waals surface area contributed by atoms with Gasteiger partial charge in [0.2, 0.25) is 9.84 Å². The van der Waals surface area contributed by atoms with Gasteiger partial charge in [-0.3, -0.25) is 9.97 Å². The number of halogens is 3. The van der Waals surface area contributed by atoms with Crippen LogP contribution in [0.4, 0.5) is 24.5 Å². The molecule has 1 N–H and O–H groups in total. The number of ether oxygens (including phenoxy) is 1. The zero-order chi connectivity index (χ0) is 23.6. The van der Waals surface area contributed by atoms with Crippen LogP contribution in [0, 0.1) is 0 Å². The number of nitrogens with one attached hydrogen (secondary N) is 1. The highest BCUT2D eigenvalue weighted by Crippen LogP contribution is 2.37. The van der Waals surface area contributed by atoms with Gasteiger partial charge in [0, 0.05) is 29.7 Å². The van der Waals surface area contributed by atoms with Crippen LogP contribution < -0.4 is 10.1 Å². The molecule has 0 unspecified atom stereocenters. The molecule has 2 aromatic heterocycles. The number of fused-ring (bicyclic) bond motifs is 1. The second-order valence-electron chi connectivity index (χ2n) is 7.09. The van der Waals surface area contributed by atoms with Crippen LogP contribution in [0.1, 0.15) is 12.5 Å². The number of pyridine rings is 2. The number of nitrogens with zero attached hydrogens (tertiary/aromatic N) is 2. The summed E-state index contributed by atoms with van der Waals surface area (Å²) in [6.07, 6.45) is 0.0432. The molecule has 170 valence electrons. The molecule has 0 aliphatic heterocycles. The van der Waals surface area contributed by atoms with Crippen LogP contribution in [0.15, 0.2) is 83.0 Å². The van der Waals surface area contributed by atoms with Crippen LogP contribution >= 0.6 is 0 Å². The molecule has 0 saturated heterocycles. The first-order valence-electron chi connectivity index (χ1n) is 9.87. The number of aromatic nitrogens is 2. The Bertz CT molecular complexity index is 1390. The van der Waals surface area contributed by atoms with Crippen molar-refractivity contribution in [2.24, 2.45) is 0 Å². The van der Waals surface area contributed by atoms with Gasteiger partial charge in [-0.05, 0) is 54.4 Å². The van der Waals surface area contributed by atoms with Crippen molar-refractivity contribution in [3.63, 3.8) is 0 Å². The number of sulfone groups is 1. The number of anilines is 2. The number of hydrogen-bond donors (Lipinski definition) is 1. The van der Waals surface area contributed by atoms with Crippen molar-refractivity contribution in [1.82, 2.24) is 9.97 Å². The average molecular weight is 473 g/mol. The summed E-state index contributed by atoms with van der Waals surface area (Å²) in [7, 11) is -4.06. The maximum absolute atomic E-state index is 13.5. The first kappa shape index (κ1) is 22.5. The van der Waals surface area contributed by atoms with Gasteiger partial charge in [-0.1, -0.05) is 19.1 Å². The summed E-state index contributed by atoms with van der Waals surface area (Å²) in [5.41, 5.74) is 1.84. The highest BCUT2D eigenvalue weighted by Gasteiger charge is 2.31. The van der Waals surface area contributed by atoms with Crippen LogP contribution in [-0.2, 0) is 16.3 Å². The molecule has 0 fully saturated rings. The first-order chi connectivity index (χ1) is 15.7. The molecule has 0 spiro atoms. The number of hydrogen-bond acceptors (Lipinski definition) is 6. The summed E-state index contributed by atoms with van der Waals surface area (Å²) >= 11 is 0. The third kappa shape index (κ3) is 4.90. The lowest BCUT2D eigenvalue weighted by atomic mass is 10.1. The quantitative estimate of drug-likeness (QED) is 0.389. The number of alkyl halides is 3. The summed E-state index contributed by atoms with van der Waals surface area (Å²) in [6, 6.07) is 13.2. The normalized spacial score (nSPS) is 12.0. The Labute approximate surface area is 188 Å². The van der Waals surface area contributed by atoms with Gasteiger partial charge in [0.25, 0.3) is 0 Å². The van der Waals surface area contributed by atoms with Crippen molar-refractivity contribution in [3.05, 3.63) is 78.8 Å². The molecule has 33 heavy (non-hydrogen) atoms. The van der Waals surface area contributed by atoms with E-state index in [1.54, 1.807) is 24.3 Å². The van der Waals surface area contributed by atoms with E-state index in [4.69, 9.17) is 0 Å². The second kappa shape index (κ2) is 8.70. The third-order valence-electron chi connectivity index (χ3n) is 4.92. The van der Waals surface area contributed by atoms with Gasteiger partial charge in [-0.2, -0.15) is 0 Å². The second-order valence-corrected chi connectivity index (χ2v) is 9.00. The van der Waals surface area contributed by atoms with Crippen LogP contribution in [0.2, 0.25) is 0 Å². The van der Waals surface area contributed by atoms with E-state index in [1.807, 2.05) is 6.92 Å². The van der Waals surface area contributed by atoms with Gasteiger partial charge >= 0.3 is 6.36 Å². The molecular weight excluding hydrogens is 455 g/mol. The van der Waals surface area contributed by atoms with Crippen LogP contribution in [0.3, 0.4) is 0 Å². The molecule has 0 atom stereocenters. The predicted octanol–water partition coefficient (Wildman–Crippen LogP) is 5.67. The van der Waals surface area contributed by atoms with Crippen molar-refractivity contribution >= 4 is 32.1 Å². The maximum Gasteiger partial charge on any atom is 0.573 e. The fraction of sp³-hybridized carbons (Fsp3) is 0.130. The molecule has 0 aliphatic rings. The van der Waals surface area contributed by atoms with E-state index in [2.05, 4.69) is 20.0 Å². The van der Waals surface area contributed by atoms with Crippen LogP contribution in [-0.4, -0.2) is 24.7 Å². The Balaban J connectivity index is 1.93. The van der Waals surface area contributed by atoms with Gasteiger partial charge in [-0.25, -0.2) is 8.42 Å². The molecule has 0 radical (unpaired) electrons. The summed E-state index contributed by atoms with van der Waals surface area (Å²) in [4.78, 5) is 7.96. The van der Waals surface area contributed by atoms with Gasteiger partial charge in [0.05, 0.1) is 16.1 Å². The summed E-state index contributed by atoms with van der Waals surface area (Å²) < 4.78 is 69.4. The van der Waals surface area contributed by atoms with Gasteiger partial charge in [0.1, 0.15) is 10.6 Å². The van der Waals surface area contributed by atoms with E-state index in [9.17, 15) is 21.6 Å². The predicted molar refractivity (Wildman–Crippen MR) is 117 cm³/mol. The number of aryl methyl sites for hydroxylation is 1. The van der Waals surface area contributed by atoms with Gasteiger partial charge in [0.15, 0.2) is 0 Å². The topological polar surface area (TPSA) is 81.2 Å². The zero-order valence-electron chi connectivity index (χ0n) is 17.3. The lowest BCUT2D eigenvalue weighted by Gasteiger charge is -2.16. The summed E-state index contributed by atoms with van der Waals surface area (Å²) in [5, 5.41) is 3.16. The van der Waals surface area contributed by atoms with E-state index in [0.29, 0.717) is 11.2 Å². The molecule has 2 aromatic carbocycles. The molecular formula is C23H18F3N3O3S. The van der Waals surface area contributed by atoms with E-state index in [0.717, 1.165) is 24.1 Å². The van der Waals surface area contributed by atoms with Crippen molar-refractivity contribution in [3.8, 4) is 5.75 Å². The zero-order valence-corrected chi connectivity index (χ0v) is 18.1. The van der Waals surface area contributed by atoms with Gasteiger partial charge < -0.3 is 10.1 Å². The molecule has 0 saturated carbocycles. The largest absolute Gasteiger partial charge is 0.573 e. The van der Waals surface area contributed by atoms with Gasteiger partial charge in [-0.15, -0.1) is 13.2 Å². The molecule has 0 aliphatic carbocycles. The fourth-order valence-corrected chi connectivity index (χ4v) is 4.66. The van der Waals surface area contributed by atoms with Crippen LogP contribution in [0.25, 0.3) is 10.9 Å². The minimum Gasteiger partial charge on any atom is -0.406 e. The van der Waals surface area contributed by atoms with E-state index >= 15 is 0 Å². The molecule has 0 bridgehead atoms. The van der Waals surface area contributed by atoms with Crippen molar-refractivity contribution in [2.45, 2.75) is 29.5 Å². The average Bonchev–Trinajstić information content (AvgIpc) is 2.79. The lowest BCUT2D eigenvalue weighted by molar-refractivity contribution is -0.274. The third-order valence-corrected chi connectivity index (χ3v) is 6.70. The molecule has 4 rings (SSSR count). The Morgan fingerprint density at radius 3 is 2.33 bits per heavy atom. The SMILES string of the molecule is CCc1ccc(S(=O)(=O)c2cnc3ccc(OC(F)(F)F)cc3c2Nc2ccncc2)cc1. The smallest absolute Gasteiger partial charge is 0.406 e. The summed E-state index contributed by atoms with van der Waals surface area (Å²) in [5.74, 6) is -0.489. The van der Waals surface area contributed by atoms with Crippen molar-refractivity contribution < 1.29 is 26.3 Å². The van der Waals surface area contributed by atoms with E-state index in [-0.39, 0.29) is 20.9 Å². The fourth-order valence-electron chi connectivity index (χ4n) is 3.29. The lowest BCUT2D eigenvalue weighted by Crippen LogP contribution is -2.17. The Hall–Kier alpha value is -3.66. The molecule has 4 aromatic rings. The van der Waals surface area contributed by atoms with Crippen LogP contribution in [0.5, 0.6) is 5.75 Å². The number of benzene rings is 2. The Morgan fingerprint density at radius 1 is 1.00 bits per heavy atom. The number of rotatable bonds is 6. The Kier molecular flexibility index (Phi) is 5.94. The standard InChI is InChI=1S/C23H18F3N3O3S/c1-2-15-3-6-18(7-4-15)33(30,31)21-14-28-20-8-5-17(32-23(24,25)26)13-19(20)22(21)29-16-9-11-27-12-10-16/h3-14H,2H2,1H3,(H,27,28,29).